The number of carbonyl (C=O) groups is 1. The van der Waals surface area contributed by atoms with Gasteiger partial charge in [-0.1, -0.05) is 30.3 Å². The number of benzene rings is 1. The van der Waals surface area contributed by atoms with Gasteiger partial charge in [-0.3, -0.25) is 4.98 Å². The Balaban J connectivity index is 2.13. The second-order valence-corrected chi connectivity index (χ2v) is 5.23. The summed E-state index contributed by atoms with van der Waals surface area (Å²) in [6.45, 7) is 0. The molecular formula is C15H9FN2O2S. The first kappa shape index (κ1) is 13.4. The minimum Gasteiger partial charge on any atom is -0.477 e. The molecule has 6 heteroatoms. The van der Waals surface area contributed by atoms with Crippen molar-refractivity contribution in [1.82, 2.24) is 9.97 Å². The van der Waals surface area contributed by atoms with Crippen LogP contribution in [0.2, 0.25) is 0 Å². The monoisotopic (exact) mass is 300 g/mol. The fourth-order valence-corrected chi connectivity index (χ4v) is 2.77. The van der Waals surface area contributed by atoms with Gasteiger partial charge in [-0.15, -0.1) is 11.3 Å². The smallest absolute Gasteiger partial charge is 0.348 e. The van der Waals surface area contributed by atoms with Crippen LogP contribution in [0.4, 0.5) is 4.39 Å². The van der Waals surface area contributed by atoms with Crippen LogP contribution in [0.25, 0.3) is 22.0 Å². The fourth-order valence-electron chi connectivity index (χ4n) is 1.87. The van der Waals surface area contributed by atoms with Crippen LogP contribution in [0.1, 0.15) is 9.67 Å². The molecule has 1 N–H and O–H groups in total. The maximum atomic E-state index is 12.9. The molecule has 0 saturated carbocycles. The number of hydrogen-bond acceptors (Lipinski definition) is 4. The summed E-state index contributed by atoms with van der Waals surface area (Å²) >= 11 is 1.03. The lowest BCUT2D eigenvalue weighted by Gasteiger charge is -1.97. The molecule has 0 atom stereocenters. The molecule has 21 heavy (non-hydrogen) atoms. The zero-order valence-electron chi connectivity index (χ0n) is 10.7. The average Bonchev–Trinajstić information content (AvgIpc) is 2.94. The van der Waals surface area contributed by atoms with E-state index >= 15 is 0 Å². The van der Waals surface area contributed by atoms with E-state index in [4.69, 9.17) is 0 Å². The minimum atomic E-state index is -1.04. The topological polar surface area (TPSA) is 63.1 Å². The molecule has 2 heterocycles. The van der Waals surface area contributed by atoms with Crippen LogP contribution in [0.15, 0.2) is 48.7 Å². The van der Waals surface area contributed by atoms with E-state index in [0.717, 1.165) is 23.1 Å². The maximum Gasteiger partial charge on any atom is 0.348 e. The van der Waals surface area contributed by atoms with Gasteiger partial charge in [0.25, 0.3) is 0 Å². The summed E-state index contributed by atoms with van der Waals surface area (Å²) in [5.41, 5.74) is 1.57. The first-order valence-electron chi connectivity index (χ1n) is 6.06. The molecular weight excluding hydrogens is 291 g/mol. The molecule has 1 aromatic carbocycles. The van der Waals surface area contributed by atoms with E-state index in [0.29, 0.717) is 16.4 Å². The largest absolute Gasteiger partial charge is 0.477 e. The van der Waals surface area contributed by atoms with Crippen LogP contribution in [0, 0.1) is 5.82 Å². The van der Waals surface area contributed by atoms with Crippen LogP contribution >= 0.6 is 11.3 Å². The number of pyridine rings is 1. The SMILES string of the molecule is O=C(O)c1sc(-c2ccc(F)cn2)nc1-c1ccccc1. The van der Waals surface area contributed by atoms with Gasteiger partial charge in [-0.2, -0.15) is 0 Å². The molecule has 2 aromatic heterocycles. The Morgan fingerprint density at radius 1 is 1.14 bits per heavy atom. The Kier molecular flexibility index (Phi) is 3.45. The van der Waals surface area contributed by atoms with Crippen molar-refractivity contribution in [3.05, 3.63) is 59.4 Å². The van der Waals surface area contributed by atoms with Gasteiger partial charge in [0.2, 0.25) is 0 Å². The van der Waals surface area contributed by atoms with Gasteiger partial charge in [0.15, 0.2) is 0 Å². The van der Waals surface area contributed by atoms with E-state index in [-0.39, 0.29) is 4.88 Å². The normalized spacial score (nSPS) is 10.5. The number of nitrogens with zero attached hydrogens (tertiary/aromatic N) is 2. The van der Waals surface area contributed by atoms with Crippen molar-refractivity contribution in [3.8, 4) is 22.0 Å². The average molecular weight is 300 g/mol. The molecule has 0 bridgehead atoms. The highest BCUT2D eigenvalue weighted by Crippen LogP contribution is 2.33. The number of thiazole rings is 1. The van der Waals surface area contributed by atoms with Gasteiger partial charge in [0.1, 0.15) is 15.7 Å². The molecule has 0 aliphatic heterocycles. The van der Waals surface area contributed by atoms with Crippen molar-refractivity contribution in [2.75, 3.05) is 0 Å². The van der Waals surface area contributed by atoms with Crippen molar-refractivity contribution in [2.45, 2.75) is 0 Å². The third kappa shape index (κ3) is 2.66. The van der Waals surface area contributed by atoms with E-state index < -0.39 is 11.8 Å². The highest BCUT2D eigenvalue weighted by atomic mass is 32.1. The van der Waals surface area contributed by atoms with Gasteiger partial charge >= 0.3 is 5.97 Å². The summed E-state index contributed by atoms with van der Waals surface area (Å²) in [6.07, 6.45) is 1.08. The summed E-state index contributed by atoms with van der Waals surface area (Å²) in [6, 6.07) is 11.8. The minimum absolute atomic E-state index is 0.141. The summed E-state index contributed by atoms with van der Waals surface area (Å²) in [7, 11) is 0. The molecule has 4 nitrogen and oxygen atoms in total. The molecule has 104 valence electrons. The predicted octanol–water partition coefficient (Wildman–Crippen LogP) is 3.71. The van der Waals surface area contributed by atoms with E-state index in [2.05, 4.69) is 9.97 Å². The lowest BCUT2D eigenvalue weighted by atomic mass is 10.1. The number of aromatic nitrogens is 2. The fraction of sp³-hybridized carbons (Fsp3) is 0. The summed E-state index contributed by atoms with van der Waals surface area (Å²) < 4.78 is 12.9. The van der Waals surface area contributed by atoms with Gasteiger partial charge in [0.05, 0.1) is 17.6 Å². The van der Waals surface area contributed by atoms with E-state index in [9.17, 15) is 14.3 Å². The van der Waals surface area contributed by atoms with Crippen molar-refractivity contribution >= 4 is 17.3 Å². The Morgan fingerprint density at radius 3 is 2.52 bits per heavy atom. The van der Waals surface area contributed by atoms with E-state index in [1.165, 1.54) is 12.1 Å². The van der Waals surface area contributed by atoms with Crippen LogP contribution in [-0.4, -0.2) is 21.0 Å². The van der Waals surface area contributed by atoms with Crippen LogP contribution in [0.5, 0.6) is 0 Å². The second kappa shape index (κ2) is 5.41. The molecule has 0 amide bonds. The number of hydrogen-bond donors (Lipinski definition) is 1. The third-order valence-electron chi connectivity index (χ3n) is 2.82. The van der Waals surface area contributed by atoms with Crippen molar-refractivity contribution in [3.63, 3.8) is 0 Å². The van der Waals surface area contributed by atoms with Crippen LogP contribution in [-0.2, 0) is 0 Å². The quantitative estimate of drug-likeness (QED) is 0.801. The third-order valence-corrected chi connectivity index (χ3v) is 3.88. The molecule has 3 rings (SSSR count). The molecule has 0 aliphatic rings. The van der Waals surface area contributed by atoms with Gasteiger partial charge < -0.3 is 5.11 Å². The predicted molar refractivity (Wildman–Crippen MR) is 77.7 cm³/mol. The maximum absolute atomic E-state index is 12.9. The van der Waals surface area contributed by atoms with Gasteiger partial charge in [-0.05, 0) is 12.1 Å². The first-order chi connectivity index (χ1) is 10.1. The Bertz CT molecular complexity index is 785. The van der Waals surface area contributed by atoms with Gasteiger partial charge in [0, 0.05) is 5.56 Å². The second-order valence-electron chi connectivity index (χ2n) is 4.23. The van der Waals surface area contributed by atoms with Crippen molar-refractivity contribution < 1.29 is 14.3 Å². The molecule has 0 fully saturated rings. The highest BCUT2D eigenvalue weighted by Gasteiger charge is 2.19. The Hall–Kier alpha value is -2.60. The van der Waals surface area contributed by atoms with E-state index in [1.54, 1.807) is 12.1 Å². The molecule has 0 aliphatic carbocycles. The number of halogens is 1. The zero-order valence-corrected chi connectivity index (χ0v) is 11.5. The Labute approximate surface area is 123 Å². The zero-order chi connectivity index (χ0) is 14.8. The summed E-state index contributed by atoms with van der Waals surface area (Å²) in [4.78, 5) is 19.8. The lowest BCUT2D eigenvalue weighted by molar-refractivity contribution is 0.0702. The number of carboxylic acids is 1. The first-order valence-corrected chi connectivity index (χ1v) is 6.88. The van der Waals surface area contributed by atoms with Crippen molar-refractivity contribution in [1.29, 1.82) is 0 Å². The summed E-state index contributed by atoms with van der Waals surface area (Å²) in [5.74, 6) is -1.49. The van der Waals surface area contributed by atoms with Crippen LogP contribution < -0.4 is 0 Å². The highest BCUT2D eigenvalue weighted by molar-refractivity contribution is 7.17. The van der Waals surface area contributed by atoms with Gasteiger partial charge in [-0.25, -0.2) is 14.2 Å². The summed E-state index contributed by atoms with van der Waals surface area (Å²) in [5, 5.41) is 9.77. The molecule has 0 radical (unpaired) electrons. The number of rotatable bonds is 3. The Morgan fingerprint density at radius 2 is 1.90 bits per heavy atom. The molecule has 0 saturated heterocycles. The number of carboxylic acid groups (broad SMARTS) is 1. The van der Waals surface area contributed by atoms with Crippen LogP contribution in [0.3, 0.4) is 0 Å². The molecule has 0 spiro atoms. The lowest BCUT2D eigenvalue weighted by Crippen LogP contribution is -1.95. The molecule has 0 unspecified atom stereocenters. The molecule has 3 aromatic rings. The standard InChI is InChI=1S/C15H9FN2O2S/c16-10-6-7-11(17-8-10)14-18-12(13(21-14)15(19)20)9-4-2-1-3-5-9/h1-8H,(H,19,20). The number of aromatic carboxylic acids is 1. The van der Waals surface area contributed by atoms with E-state index in [1.807, 2.05) is 18.2 Å². The van der Waals surface area contributed by atoms with Crippen molar-refractivity contribution in [2.24, 2.45) is 0 Å².